The summed E-state index contributed by atoms with van der Waals surface area (Å²) in [6.45, 7) is 5.03. The number of hydrogen-bond acceptors (Lipinski definition) is 4. The van der Waals surface area contributed by atoms with Gasteiger partial charge in [0.05, 0.1) is 12.2 Å². The fraction of sp³-hybridized carbons (Fsp3) is 0.300. The van der Waals surface area contributed by atoms with Crippen LogP contribution < -0.4 is 10.6 Å². The van der Waals surface area contributed by atoms with Gasteiger partial charge in [-0.1, -0.05) is 23.8 Å². The number of hydrogen-bond donors (Lipinski definition) is 2. The van der Waals surface area contributed by atoms with Crippen LogP contribution in [-0.4, -0.2) is 30.0 Å². The third-order valence-corrected chi connectivity index (χ3v) is 4.87. The number of carbonyl (C=O) groups is 1. The molecule has 0 radical (unpaired) electrons. The summed E-state index contributed by atoms with van der Waals surface area (Å²) in [7, 11) is 0. The lowest BCUT2D eigenvalue weighted by Gasteiger charge is -2.11. The van der Waals surface area contributed by atoms with Crippen LogP contribution >= 0.6 is 24.0 Å². The zero-order chi connectivity index (χ0) is 18.8. The zero-order valence-corrected chi connectivity index (χ0v) is 16.7. The van der Waals surface area contributed by atoms with Crippen molar-refractivity contribution in [1.29, 1.82) is 0 Å². The molecule has 0 aromatic heterocycles. The highest BCUT2D eigenvalue weighted by atomic mass is 32.2. The highest BCUT2D eigenvalue weighted by molar-refractivity contribution is 7.99. The molecule has 0 saturated heterocycles. The van der Waals surface area contributed by atoms with Gasteiger partial charge < -0.3 is 15.4 Å². The Hall–Kier alpha value is -2.05. The van der Waals surface area contributed by atoms with E-state index in [1.807, 2.05) is 17.8 Å². The molecule has 0 saturated carbocycles. The number of rotatable bonds is 8. The summed E-state index contributed by atoms with van der Waals surface area (Å²) in [5, 5.41) is 6.84. The van der Waals surface area contributed by atoms with E-state index >= 15 is 0 Å². The Morgan fingerprint density at radius 2 is 1.96 bits per heavy atom. The van der Waals surface area contributed by atoms with Gasteiger partial charge in [0.25, 0.3) is 0 Å². The van der Waals surface area contributed by atoms with Crippen LogP contribution in [0.1, 0.15) is 29.3 Å². The second kappa shape index (κ2) is 10.8. The van der Waals surface area contributed by atoms with Crippen molar-refractivity contribution in [2.45, 2.75) is 25.2 Å². The molecule has 6 heteroatoms. The van der Waals surface area contributed by atoms with Crippen molar-refractivity contribution in [2.24, 2.45) is 0 Å². The van der Waals surface area contributed by atoms with Gasteiger partial charge in [-0.3, -0.25) is 0 Å². The lowest BCUT2D eigenvalue weighted by Crippen LogP contribution is -2.29. The van der Waals surface area contributed by atoms with Crippen molar-refractivity contribution in [2.75, 3.05) is 24.2 Å². The van der Waals surface area contributed by atoms with Crippen molar-refractivity contribution < 1.29 is 9.53 Å². The smallest absolute Gasteiger partial charge is 0.338 e. The number of carbonyl (C=O) groups excluding carboxylic acids is 1. The topological polar surface area (TPSA) is 50.4 Å². The van der Waals surface area contributed by atoms with E-state index in [1.54, 1.807) is 25.1 Å². The summed E-state index contributed by atoms with van der Waals surface area (Å²) in [6.07, 6.45) is 1.00. The maximum absolute atomic E-state index is 11.8. The van der Waals surface area contributed by atoms with Crippen molar-refractivity contribution in [3.63, 3.8) is 0 Å². The van der Waals surface area contributed by atoms with Crippen LogP contribution in [0, 0.1) is 6.92 Å². The van der Waals surface area contributed by atoms with E-state index in [1.165, 1.54) is 10.5 Å². The van der Waals surface area contributed by atoms with Crippen LogP contribution in [0.2, 0.25) is 0 Å². The molecule has 0 heterocycles. The Labute approximate surface area is 164 Å². The molecule has 0 bridgehead atoms. The zero-order valence-electron chi connectivity index (χ0n) is 15.1. The summed E-state index contributed by atoms with van der Waals surface area (Å²) in [6, 6.07) is 15.7. The molecular formula is C20H24N2O2S2. The summed E-state index contributed by atoms with van der Waals surface area (Å²) in [5.74, 6) is 0.694. The molecule has 0 aliphatic carbocycles. The molecule has 138 valence electrons. The number of esters is 1. The number of ether oxygens (including phenoxy) is 1. The lowest BCUT2D eigenvalue weighted by atomic mass is 10.2. The van der Waals surface area contributed by atoms with Crippen molar-refractivity contribution in [3.8, 4) is 0 Å². The Bertz CT molecular complexity index is 733. The van der Waals surface area contributed by atoms with E-state index in [0.29, 0.717) is 17.3 Å². The molecule has 0 atom stereocenters. The predicted octanol–water partition coefficient (Wildman–Crippen LogP) is 4.64. The fourth-order valence-electron chi connectivity index (χ4n) is 2.21. The minimum absolute atomic E-state index is 0.330. The average Bonchev–Trinajstić information content (AvgIpc) is 2.63. The Balaban J connectivity index is 1.69. The quantitative estimate of drug-likeness (QED) is 0.297. The third kappa shape index (κ3) is 7.06. The summed E-state index contributed by atoms with van der Waals surface area (Å²) < 4.78 is 5.01. The van der Waals surface area contributed by atoms with Gasteiger partial charge in [0.1, 0.15) is 0 Å². The van der Waals surface area contributed by atoms with Gasteiger partial charge in [-0.15, -0.1) is 11.8 Å². The number of benzene rings is 2. The lowest BCUT2D eigenvalue weighted by molar-refractivity contribution is 0.0526. The molecule has 0 aliphatic rings. The van der Waals surface area contributed by atoms with Gasteiger partial charge >= 0.3 is 5.97 Å². The highest BCUT2D eigenvalue weighted by Crippen LogP contribution is 2.18. The van der Waals surface area contributed by atoms with E-state index in [-0.39, 0.29) is 5.97 Å². The third-order valence-electron chi connectivity index (χ3n) is 3.53. The van der Waals surface area contributed by atoms with Crippen LogP contribution in [0.5, 0.6) is 0 Å². The number of thioether (sulfide) groups is 1. The van der Waals surface area contributed by atoms with Gasteiger partial charge in [-0.05, 0) is 68.6 Å². The molecule has 2 rings (SSSR count). The number of thiocarbonyl (C=S) groups is 1. The van der Waals surface area contributed by atoms with Gasteiger partial charge in [-0.2, -0.15) is 0 Å². The van der Waals surface area contributed by atoms with Crippen LogP contribution in [0.15, 0.2) is 53.4 Å². The van der Waals surface area contributed by atoms with E-state index < -0.39 is 0 Å². The monoisotopic (exact) mass is 388 g/mol. The van der Waals surface area contributed by atoms with Crippen LogP contribution in [-0.2, 0) is 4.74 Å². The van der Waals surface area contributed by atoms with Gasteiger partial charge in [0.15, 0.2) is 5.11 Å². The van der Waals surface area contributed by atoms with Crippen molar-refractivity contribution in [1.82, 2.24) is 5.32 Å². The Kier molecular flexibility index (Phi) is 8.44. The summed E-state index contributed by atoms with van der Waals surface area (Å²) >= 11 is 7.15. The van der Waals surface area contributed by atoms with Crippen LogP contribution in [0.3, 0.4) is 0 Å². The van der Waals surface area contributed by atoms with E-state index in [9.17, 15) is 4.79 Å². The number of nitrogens with one attached hydrogen (secondary N) is 2. The van der Waals surface area contributed by atoms with Gasteiger partial charge in [-0.25, -0.2) is 4.79 Å². The molecular weight excluding hydrogens is 364 g/mol. The standard InChI is InChI=1S/C20H24N2O2S2/c1-3-24-19(23)16-6-4-7-17(14-16)22-20(25)21-12-5-13-26-18-10-8-15(2)9-11-18/h4,6-11,14H,3,5,12-13H2,1-2H3,(H2,21,22,25). The second-order valence-electron chi connectivity index (χ2n) is 5.70. The first-order chi connectivity index (χ1) is 12.6. The average molecular weight is 389 g/mol. The first kappa shape index (κ1) is 20.3. The minimum Gasteiger partial charge on any atom is -0.462 e. The molecule has 0 spiro atoms. The molecule has 4 nitrogen and oxygen atoms in total. The maximum atomic E-state index is 11.8. The molecule has 2 aromatic rings. The Morgan fingerprint density at radius 3 is 2.69 bits per heavy atom. The van der Waals surface area contributed by atoms with Crippen LogP contribution in [0.4, 0.5) is 5.69 Å². The molecule has 0 unspecified atom stereocenters. The van der Waals surface area contributed by atoms with Gasteiger partial charge in [0.2, 0.25) is 0 Å². The molecule has 0 amide bonds. The fourth-order valence-corrected chi connectivity index (χ4v) is 3.29. The summed E-state index contributed by atoms with van der Waals surface area (Å²) in [5.41, 5.74) is 2.55. The van der Waals surface area contributed by atoms with Crippen LogP contribution in [0.25, 0.3) is 0 Å². The molecule has 0 aliphatic heterocycles. The van der Waals surface area contributed by atoms with Crippen molar-refractivity contribution >= 4 is 40.7 Å². The molecule has 2 aromatic carbocycles. The largest absolute Gasteiger partial charge is 0.462 e. The molecule has 2 N–H and O–H groups in total. The minimum atomic E-state index is -0.330. The Morgan fingerprint density at radius 1 is 1.19 bits per heavy atom. The van der Waals surface area contributed by atoms with E-state index in [4.69, 9.17) is 17.0 Å². The predicted molar refractivity (Wildman–Crippen MR) is 113 cm³/mol. The highest BCUT2D eigenvalue weighted by Gasteiger charge is 2.07. The summed E-state index contributed by atoms with van der Waals surface area (Å²) in [4.78, 5) is 13.0. The normalized spacial score (nSPS) is 10.2. The maximum Gasteiger partial charge on any atom is 0.338 e. The molecule has 0 fully saturated rings. The first-order valence-electron chi connectivity index (χ1n) is 8.60. The van der Waals surface area contributed by atoms with E-state index in [0.717, 1.165) is 24.4 Å². The molecule has 26 heavy (non-hydrogen) atoms. The number of aryl methyl sites for hydroxylation is 1. The van der Waals surface area contributed by atoms with E-state index in [2.05, 4.69) is 41.8 Å². The first-order valence-corrected chi connectivity index (χ1v) is 9.99. The van der Waals surface area contributed by atoms with Crippen molar-refractivity contribution in [3.05, 3.63) is 59.7 Å². The SMILES string of the molecule is CCOC(=O)c1cccc(NC(=S)NCCCSc2ccc(C)cc2)c1. The second-order valence-corrected chi connectivity index (χ2v) is 7.27. The number of anilines is 1. The van der Waals surface area contributed by atoms with Gasteiger partial charge in [0, 0.05) is 17.1 Å².